The Balaban J connectivity index is 2.64. The van der Waals surface area contributed by atoms with Gasteiger partial charge in [0.05, 0.1) is 6.61 Å². The number of benzene rings is 1. The minimum absolute atomic E-state index is 0.194. The van der Waals surface area contributed by atoms with Crippen molar-refractivity contribution >= 4 is 5.76 Å². The third-order valence-corrected chi connectivity index (χ3v) is 2.55. The quantitative estimate of drug-likeness (QED) is 0.606. The minimum atomic E-state index is -0.194. The highest BCUT2D eigenvalue weighted by molar-refractivity contribution is 5.59. The Morgan fingerprint density at radius 3 is 2.82 bits per heavy atom. The summed E-state index contributed by atoms with van der Waals surface area (Å²) in [6.07, 6.45) is 2.80. The number of ether oxygens (including phenoxy) is 1. The molecule has 0 saturated carbocycles. The summed E-state index contributed by atoms with van der Waals surface area (Å²) < 4.78 is 19.1. The zero-order valence-corrected chi connectivity index (χ0v) is 10.7. The summed E-state index contributed by atoms with van der Waals surface area (Å²) in [4.78, 5) is 0. The number of hydrogen-bond donors (Lipinski definition) is 1. The van der Waals surface area contributed by atoms with Crippen LogP contribution >= 0.6 is 0 Å². The van der Waals surface area contributed by atoms with Crippen molar-refractivity contribution in [2.45, 2.75) is 20.3 Å². The fourth-order valence-electron chi connectivity index (χ4n) is 1.51. The van der Waals surface area contributed by atoms with Crippen LogP contribution in [0.1, 0.15) is 24.5 Å². The van der Waals surface area contributed by atoms with Gasteiger partial charge < -0.3 is 10.1 Å². The van der Waals surface area contributed by atoms with E-state index in [9.17, 15) is 4.39 Å². The monoisotopic (exact) mass is 237 g/mol. The first kappa shape index (κ1) is 13.7. The summed E-state index contributed by atoms with van der Waals surface area (Å²) in [5, 5.41) is 3.06. The largest absolute Gasteiger partial charge is 0.493 e. The number of rotatable bonds is 6. The van der Waals surface area contributed by atoms with Gasteiger partial charge >= 0.3 is 0 Å². The highest BCUT2D eigenvalue weighted by Gasteiger charge is 2.05. The third-order valence-electron chi connectivity index (χ3n) is 2.55. The molecule has 0 saturated heterocycles. The summed E-state index contributed by atoms with van der Waals surface area (Å²) in [6, 6.07) is 5.17. The molecule has 0 heterocycles. The van der Waals surface area contributed by atoms with Gasteiger partial charge in [-0.25, -0.2) is 4.39 Å². The topological polar surface area (TPSA) is 21.3 Å². The molecule has 2 nitrogen and oxygen atoms in total. The maximum atomic E-state index is 13.4. The molecule has 0 fully saturated rings. The van der Waals surface area contributed by atoms with E-state index in [-0.39, 0.29) is 5.82 Å². The number of allylic oxidation sites excluding steroid dienone is 1. The Hall–Kier alpha value is -1.35. The highest BCUT2D eigenvalue weighted by atomic mass is 19.1. The lowest BCUT2D eigenvalue weighted by Gasteiger charge is -2.11. The minimum Gasteiger partial charge on any atom is -0.493 e. The molecule has 0 radical (unpaired) electrons. The Morgan fingerprint density at radius 1 is 1.47 bits per heavy atom. The van der Waals surface area contributed by atoms with Crippen LogP contribution in [-0.2, 0) is 4.74 Å². The van der Waals surface area contributed by atoms with E-state index in [1.54, 1.807) is 13.0 Å². The number of aryl methyl sites for hydroxylation is 1. The summed E-state index contributed by atoms with van der Waals surface area (Å²) in [7, 11) is 1.91. The average molecular weight is 237 g/mol. The van der Waals surface area contributed by atoms with Crippen molar-refractivity contribution in [3.8, 4) is 0 Å². The molecule has 17 heavy (non-hydrogen) atoms. The average Bonchev–Trinajstić information content (AvgIpc) is 2.33. The second-order valence-electron chi connectivity index (χ2n) is 3.92. The SMILES string of the molecule is CC=C(OCCCNC)c1ccc(C)c(F)c1. The van der Waals surface area contributed by atoms with Crippen LogP contribution in [0.5, 0.6) is 0 Å². The van der Waals surface area contributed by atoms with Crippen molar-refractivity contribution < 1.29 is 9.13 Å². The molecule has 1 aromatic carbocycles. The smallest absolute Gasteiger partial charge is 0.126 e. The predicted octanol–water partition coefficient (Wildman–Crippen LogP) is 3.12. The molecule has 0 aliphatic rings. The maximum absolute atomic E-state index is 13.4. The van der Waals surface area contributed by atoms with E-state index in [1.165, 1.54) is 6.07 Å². The van der Waals surface area contributed by atoms with Crippen LogP contribution in [0.3, 0.4) is 0 Å². The Labute approximate surface area is 102 Å². The molecule has 0 aliphatic heterocycles. The van der Waals surface area contributed by atoms with Gasteiger partial charge in [-0.1, -0.05) is 12.1 Å². The van der Waals surface area contributed by atoms with Crippen molar-refractivity contribution in [1.29, 1.82) is 0 Å². The lowest BCUT2D eigenvalue weighted by molar-refractivity contribution is 0.270. The highest BCUT2D eigenvalue weighted by Crippen LogP contribution is 2.19. The van der Waals surface area contributed by atoms with Crippen molar-refractivity contribution in [3.05, 3.63) is 41.2 Å². The summed E-state index contributed by atoms with van der Waals surface area (Å²) >= 11 is 0. The summed E-state index contributed by atoms with van der Waals surface area (Å²) in [5.41, 5.74) is 1.44. The summed E-state index contributed by atoms with van der Waals surface area (Å²) in [5.74, 6) is 0.542. The Morgan fingerprint density at radius 2 is 2.24 bits per heavy atom. The van der Waals surface area contributed by atoms with Crippen LogP contribution in [-0.4, -0.2) is 20.2 Å². The van der Waals surface area contributed by atoms with Gasteiger partial charge in [0.2, 0.25) is 0 Å². The molecular formula is C14H20FNO. The van der Waals surface area contributed by atoms with Crippen LogP contribution in [0.15, 0.2) is 24.3 Å². The van der Waals surface area contributed by atoms with Crippen molar-refractivity contribution in [1.82, 2.24) is 5.32 Å². The van der Waals surface area contributed by atoms with Gasteiger partial charge in [-0.2, -0.15) is 0 Å². The van der Waals surface area contributed by atoms with Crippen LogP contribution < -0.4 is 5.32 Å². The van der Waals surface area contributed by atoms with E-state index in [0.29, 0.717) is 12.2 Å². The Bertz CT molecular complexity index is 388. The van der Waals surface area contributed by atoms with E-state index in [4.69, 9.17) is 4.74 Å². The molecule has 1 aromatic rings. The van der Waals surface area contributed by atoms with Crippen molar-refractivity contribution in [3.63, 3.8) is 0 Å². The summed E-state index contributed by atoms with van der Waals surface area (Å²) in [6.45, 7) is 5.20. The third kappa shape index (κ3) is 4.19. The first-order valence-electron chi connectivity index (χ1n) is 5.89. The molecule has 94 valence electrons. The molecular weight excluding hydrogens is 217 g/mol. The molecule has 0 bridgehead atoms. The van der Waals surface area contributed by atoms with Gasteiger partial charge in [0.1, 0.15) is 11.6 Å². The van der Waals surface area contributed by atoms with Gasteiger partial charge in [0.25, 0.3) is 0 Å². The molecule has 0 atom stereocenters. The van der Waals surface area contributed by atoms with Crippen LogP contribution in [0.25, 0.3) is 5.76 Å². The van der Waals surface area contributed by atoms with E-state index < -0.39 is 0 Å². The van der Waals surface area contributed by atoms with Crippen LogP contribution in [0.2, 0.25) is 0 Å². The zero-order valence-electron chi connectivity index (χ0n) is 10.7. The molecule has 3 heteroatoms. The second kappa shape index (κ2) is 7.07. The van der Waals surface area contributed by atoms with Gasteiger partial charge in [0.15, 0.2) is 0 Å². The fraction of sp³-hybridized carbons (Fsp3) is 0.429. The number of hydrogen-bond acceptors (Lipinski definition) is 2. The first-order chi connectivity index (χ1) is 8.19. The molecule has 1 rings (SSSR count). The van der Waals surface area contributed by atoms with Gasteiger partial charge in [-0.15, -0.1) is 0 Å². The van der Waals surface area contributed by atoms with E-state index in [2.05, 4.69) is 5.32 Å². The van der Waals surface area contributed by atoms with Gasteiger partial charge in [-0.05, 0) is 51.6 Å². The molecule has 0 aliphatic carbocycles. The maximum Gasteiger partial charge on any atom is 0.126 e. The standard InChI is InChI=1S/C14H20FNO/c1-4-14(17-9-5-8-16-3)12-7-6-11(2)13(15)10-12/h4,6-7,10,16H,5,8-9H2,1-3H3. The van der Waals surface area contributed by atoms with Crippen LogP contribution in [0.4, 0.5) is 4.39 Å². The molecule has 0 spiro atoms. The lowest BCUT2D eigenvalue weighted by Crippen LogP contribution is -2.10. The van der Waals surface area contributed by atoms with Gasteiger partial charge in [0, 0.05) is 5.56 Å². The van der Waals surface area contributed by atoms with Gasteiger partial charge in [-0.3, -0.25) is 0 Å². The van der Waals surface area contributed by atoms with Crippen LogP contribution in [0, 0.1) is 12.7 Å². The predicted molar refractivity (Wildman–Crippen MR) is 69.3 cm³/mol. The number of halogens is 1. The molecule has 1 N–H and O–H groups in total. The zero-order chi connectivity index (χ0) is 12.7. The molecule has 0 aromatic heterocycles. The second-order valence-corrected chi connectivity index (χ2v) is 3.92. The van der Waals surface area contributed by atoms with E-state index in [0.717, 1.165) is 24.3 Å². The van der Waals surface area contributed by atoms with Crippen molar-refractivity contribution in [2.24, 2.45) is 0 Å². The number of nitrogens with one attached hydrogen (secondary N) is 1. The lowest BCUT2D eigenvalue weighted by atomic mass is 10.1. The fourth-order valence-corrected chi connectivity index (χ4v) is 1.51. The molecule has 0 unspecified atom stereocenters. The Kier molecular flexibility index (Phi) is 5.70. The molecule has 0 amide bonds. The normalized spacial score (nSPS) is 11.6. The first-order valence-corrected chi connectivity index (χ1v) is 5.89. The van der Waals surface area contributed by atoms with E-state index in [1.807, 2.05) is 26.1 Å². The van der Waals surface area contributed by atoms with E-state index >= 15 is 0 Å². The van der Waals surface area contributed by atoms with Crippen molar-refractivity contribution in [2.75, 3.05) is 20.2 Å².